The van der Waals surface area contributed by atoms with Gasteiger partial charge >= 0.3 is 15.6 Å². The number of benzene rings is 7. The van der Waals surface area contributed by atoms with Crippen molar-refractivity contribution in [1.29, 1.82) is 0 Å². The van der Waals surface area contributed by atoms with Crippen LogP contribution in [-0.4, -0.2) is 19.2 Å². The van der Waals surface area contributed by atoms with Crippen LogP contribution in [0.3, 0.4) is 0 Å². The van der Waals surface area contributed by atoms with Crippen molar-refractivity contribution >= 4 is 96.3 Å². The molecule has 0 radical (unpaired) electrons. The highest BCUT2D eigenvalue weighted by Crippen LogP contribution is 2.53. The summed E-state index contributed by atoms with van der Waals surface area (Å²) in [4.78, 5) is 3.26. The molecule has 2 aromatic heterocycles. The van der Waals surface area contributed by atoms with E-state index in [0.717, 1.165) is 57.5 Å². The second kappa shape index (κ2) is 13.8. The second-order valence-electron chi connectivity index (χ2n) is 16.8. The summed E-state index contributed by atoms with van der Waals surface area (Å²) in [6.07, 6.45) is 6.49. The van der Waals surface area contributed by atoms with E-state index >= 15 is 0 Å². The van der Waals surface area contributed by atoms with Gasteiger partial charge in [0.2, 0.25) is 0 Å². The van der Waals surface area contributed by atoms with Gasteiger partial charge in [0, 0.05) is 74.6 Å². The average molecular weight is 906 g/mol. The molecule has 9 aromatic rings. The van der Waals surface area contributed by atoms with Gasteiger partial charge in [-0.05, 0) is 106 Å². The Morgan fingerprint density at radius 1 is 0.667 bits per heavy atom. The fourth-order valence-corrected chi connectivity index (χ4v) is 13.8. The maximum Gasteiger partial charge on any atom is 0.534 e. The number of rotatable bonds is 6. The number of anilines is 2. The van der Waals surface area contributed by atoms with Gasteiger partial charge in [0.25, 0.3) is 0 Å². The third-order valence-corrected chi connectivity index (χ3v) is 17.4. The molecule has 0 amide bonds. The first-order chi connectivity index (χ1) is 30.3. The van der Waals surface area contributed by atoms with E-state index in [1.807, 2.05) is 35.2 Å². The van der Waals surface area contributed by atoms with E-state index in [-0.39, 0.29) is 16.6 Å². The number of fused-ring (bicyclic) bond motifs is 12. The van der Waals surface area contributed by atoms with Crippen molar-refractivity contribution in [2.24, 2.45) is 0 Å². The Kier molecular flexibility index (Phi) is 8.51. The minimum atomic E-state index is -6.01. The summed E-state index contributed by atoms with van der Waals surface area (Å²) in [6.45, 7) is 4.48. The number of allylic oxidation sites excluding steroid dienone is 2. The maximum absolute atomic E-state index is 14.1. The van der Waals surface area contributed by atoms with Crippen molar-refractivity contribution in [3.63, 3.8) is 0 Å². The zero-order chi connectivity index (χ0) is 43.0. The number of thioether (sulfide) groups is 1. The first-order valence-electron chi connectivity index (χ1n) is 20.5. The van der Waals surface area contributed by atoms with E-state index < -0.39 is 21.4 Å². The average Bonchev–Trinajstić information content (AvgIpc) is 4.01. The van der Waals surface area contributed by atoms with Gasteiger partial charge in [-0.15, -0.1) is 34.4 Å². The van der Waals surface area contributed by atoms with E-state index in [9.17, 15) is 21.6 Å². The van der Waals surface area contributed by atoms with Crippen LogP contribution < -0.4 is 9.08 Å². The molecule has 0 bridgehead atoms. The van der Waals surface area contributed by atoms with Crippen LogP contribution in [0, 0.1) is 0 Å². The second-order valence-corrected chi connectivity index (χ2v) is 21.7. The lowest BCUT2D eigenvalue weighted by molar-refractivity contribution is -0.0500. The minimum Gasteiger partial charge on any atom is -0.376 e. The third-order valence-electron chi connectivity index (χ3n) is 12.8. The largest absolute Gasteiger partial charge is 0.534 e. The first kappa shape index (κ1) is 38.8. The van der Waals surface area contributed by atoms with Gasteiger partial charge in [-0.3, -0.25) is 0 Å². The molecule has 3 heterocycles. The van der Waals surface area contributed by atoms with Crippen molar-refractivity contribution in [2.45, 2.75) is 40.8 Å². The van der Waals surface area contributed by atoms with Crippen molar-refractivity contribution in [2.75, 3.05) is 4.90 Å². The van der Waals surface area contributed by atoms with Crippen LogP contribution in [0.15, 0.2) is 168 Å². The summed E-state index contributed by atoms with van der Waals surface area (Å²) in [7, 11) is -6.01. The number of hydrogen-bond donors (Lipinski definition) is 0. The van der Waals surface area contributed by atoms with Crippen LogP contribution in [-0.2, 0) is 15.5 Å². The zero-order valence-electron chi connectivity index (χ0n) is 33.6. The molecule has 3 aliphatic rings. The Labute approximate surface area is 373 Å². The summed E-state index contributed by atoms with van der Waals surface area (Å²) in [5.74, 6) is -0.280. The number of alkyl halides is 3. The molecular formula is C52H34F3NO3S4. The van der Waals surface area contributed by atoms with E-state index in [1.165, 1.54) is 56.2 Å². The topological polar surface area (TPSA) is 46.6 Å². The molecule has 2 unspecified atom stereocenters. The molecular weight excluding hydrogens is 872 g/mol. The number of nitrogens with zero attached hydrogens (tertiary/aromatic N) is 1. The SMILES string of the molecule is CC1(C)c2ccccc2-c2cc(-c3ccc4sc5c(N(C6=CC7Sc8ccccc8C7C=C6)c6ccc7sc8ccccc8c7c6)cc(OS(=O)(=O)C(F)(F)F)cc5c4c3)ccc21. The fourth-order valence-electron chi connectivity index (χ4n) is 9.77. The van der Waals surface area contributed by atoms with Crippen LogP contribution >= 0.6 is 34.4 Å². The Bertz CT molecular complexity index is 3600. The van der Waals surface area contributed by atoms with E-state index in [4.69, 9.17) is 4.18 Å². The molecule has 12 rings (SSSR count). The molecule has 1 aliphatic heterocycles. The summed E-state index contributed by atoms with van der Waals surface area (Å²) >= 11 is 4.99. The van der Waals surface area contributed by atoms with Crippen molar-refractivity contribution in [3.05, 3.63) is 180 Å². The summed E-state index contributed by atoms with van der Waals surface area (Å²) < 4.78 is 76.7. The number of hydrogen-bond acceptors (Lipinski definition) is 7. The number of halogens is 3. The molecule has 0 N–H and O–H groups in total. The van der Waals surface area contributed by atoms with Gasteiger partial charge < -0.3 is 9.08 Å². The van der Waals surface area contributed by atoms with Crippen LogP contribution in [0.4, 0.5) is 24.5 Å². The summed E-state index contributed by atoms with van der Waals surface area (Å²) in [5.41, 5.74) is 4.38. The molecule has 0 fully saturated rings. The Balaban J connectivity index is 1.08. The van der Waals surface area contributed by atoms with Crippen LogP contribution in [0.2, 0.25) is 0 Å². The third kappa shape index (κ3) is 6.04. The molecule has 63 heavy (non-hydrogen) atoms. The monoisotopic (exact) mass is 905 g/mol. The molecule has 2 atom stereocenters. The van der Waals surface area contributed by atoms with Crippen molar-refractivity contribution in [3.8, 4) is 28.0 Å². The lowest BCUT2D eigenvalue weighted by Crippen LogP contribution is -2.28. The molecule has 4 nitrogen and oxygen atoms in total. The quantitative estimate of drug-likeness (QED) is 0.123. The minimum absolute atomic E-state index is 0.0611. The van der Waals surface area contributed by atoms with Crippen molar-refractivity contribution < 1.29 is 25.8 Å². The summed E-state index contributed by atoms with van der Waals surface area (Å²) in [5, 5.41) is 3.57. The maximum atomic E-state index is 14.1. The molecule has 0 saturated heterocycles. The van der Waals surface area contributed by atoms with Crippen LogP contribution in [0.1, 0.15) is 36.5 Å². The fraction of sp³-hybridized carbons (Fsp3) is 0.115. The van der Waals surface area contributed by atoms with Crippen molar-refractivity contribution in [1.82, 2.24) is 0 Å². The highest BCUT2D eigenvalue weighted by Gasteiger charge is 2.49. The highest BCUT2D eigenvalue weighted by molar-refractivity contribution is 8.00. The van der Waals surface area contributed by atoms with Crippen LogP contribution in [0.5, 0.6) is 5.75 Å². The van der Waals surface area contributed by atoms with Gasteiger partial charge in [0.05, 0.1) is 10.4 Å². The Morgan fingerprint density at radius 2 is 1.37 bits per heavy atom. The van der Waals surface area contributed by atoms with Gasteiger partial charge in [-0.25, -0.2) is 0 Å². The zero-order valence-corrected chi connectivity index (χ0v) is 36.9. The molecule has 310 valence electrons. The Hall–Kier alpha value is -5.85. The van der Waals surface area contributed by atoms with Gasteiger partial charge in [0.1, 0.15) is 5.75 Å². The van der Waals surface area contributed by atoms with Crippen LogP contribution in [0.25, 0.3) is 62.6 Å². The number of thiophene rings is 2. The van der Waals surface area contributed by atoms with E-state index in [1.54, 1.807) is 23.1 Å². The predicted octanol–water partition coefficient (Wildman–Crippen LogP) is 15.5. The van der Waals surface area contributed by atoms with Gasteiger partial charge in [0.15, 0.2) is 0 Å². The van der Waals surface area contributed by atoms with Gasteiger partial charge in [-0.1, -0.05) is 98.8 Å². The molecule has 2 aliphatic carbocycles. The molecule has 0 spiro atoms. The summed E-state index contributed by atoms with van der Waals surface area (Å²) in [6, 6.07) is 46.9. The molecule has 11 heteroatoms. The molecule has 0 saturated carbocycles. The predicted molar refractivity (Wildman–Crippen MR) is 255 cm³/mol. The van der Waals surface area contributed by atoms with Gasteiger partial charge in [-0.2, -0.15) is 21.6 Å². The lowest BCUT2D eigenvalue weighted by Gasteiger charge is -2.31. The standard InChI is InChI=1S/C52H34F3NO3S4/c1-51(2)42-12-6-3-9-34(42)38-23-29(15-20-43(38)51)30-16-21-48-39(24-30)41-27-33(59-63(57,58)52(53,54)55)28-44(50(41)62-48)56(31-18-22-47-40(25-31)36-11-5-8-14-46(36)60-47)32-17-19-37-35-10-4-7-13-45(35)61-49(37)26-32/h3-28,37,49H,1-2H3. The van der Waals surface area contributed by atoms with E-state index in [0.29, 0.717) is 11.1 Å². The smallest absolute Gasteiger partial charge is 0.376 e. The van der Waals surface area contributed by atoms with E-state index in [2.05, 4.69) is 129 Å². The highest BCUT2D eigenvalue weighted by atomic mass is 32.2. The molecule has 7 aromatic carbocycles. The Morgan fingerprint density at radius 3 is 2.24 bits per heavy atom. The lowest BCUT2D eigenvalue weighted by atomic mass is 9.82. The first-order valence-corrected chi connectivity index (χ1v) is 24.4. The normalized spacial score (nSPS) is 17.5.